The summed E-state index contributed by atoms with van der Waals surface area (Å²) in [5.74, 6) is 2.36. The van der Waals surface area contributed by atoms with Crippen molar-refractivity contribution in [2.45, 2.75) is 40.5 Å². The molecule has 4 heteroatoms. The van der Waals surface area contributed by atoms with Crippen LogP contribution in [0.3, 0.4) is 0 Å². The van der Waals surface area contributed by atoms with Crippen LogP contribution in [0.2, 0.25) is 5.15 Å². The molecule has 0 radical (unpaired) electrons. The van der Waals surface area contributed by atoms with E-state index in [0.29, 0.717) is 11.1 Å². The van der Waals surface area contributed by atoms with Crippen LogP contribution in [0.5, 0.6) is 0 Å². The highest BCUT2D eigenvalue weighted by Crippen LogP contribution is 2.20. The Kier molecular flexibility index (Phi) is 5.00. The van der Waals surface area contributed by atoms with Gasteiger partial charge in [0.05, 0.1) is 0 Å². The first-order chi connectivity index (χ1) is 7.54. The smallest absolute Gasteiger partial charge is 0.137 e. The number of anilines is 1. The lowest BCUT2D eigenvalue weighted by Crippen LogP contribution is -2.10. The zero-order valence-corrected chi connectivity index (χ0v) is 11.2. The maximum atomic E-state index is 6.05. The first kappa shape index (κ1) is 13.2. The summed E-state index contributed by atoms with van der Waals surface area (Å²) in [6.45, 7) is 9.31. The molecule has 90 valence electrons. The molecule has 1 rings (SSSR count). The van der Waals surface area contributed by atoms with Crippen LogP contribution in [-0.4, -0.2) is 16.5 Å². The Labute approximate surface area is 103 Å². The number of rotatable bonds is 5. The molecule has 0 saturated heterocycles. The van der Waals surface area contributed by atoms with Gasteiger partial charge in [-0.15, -0.1) is 0 Å². The zero-order chi connectivity index (χ0) is 12.1. The van der Waals surface area contributed by atoms with Gasteiger partial charge in [0.25, 0.3) is 0 Å². The molecule has 0 aliphatic rings. The lowest BCUT2D eigenvalue weighted by molar-refractivity contribution is 0.606. The summed E-state index contributed by atoms with van der Waals surface area (Å²) in [5.41, 5.74) is 0.933. The summed E-state index contributed by atoms with van der Waals surface area (Å²) in [4.78, 5) is 8.65. The number of aryl methyl sites for hydroxylation is 1. The first-order valence-electron chi connectivity index (χ1n) is 5.81. The van der Waals surface area contributed by atoms with E-state index in [1.54, 1.807) is 0 Å². The van der Waals surface area contributed by atoms with Gasteiger partial charge in [0.2, 0.25) is 0 Å². The van der Waals surface area contributed by atoms with E-state index in [-0.39, 0.29) is 0 Å². The predicted molar refractivity (Wildman–Crippen MR) is 69.1 cm³/mol. The monoisotopic (exact) mass is 241 g/mol. The average Bonchev–Trinajstić information content (AvgIpc) is 2.23. The summed E-state index contributed by atoms with van der Waals surface area (Å²) in [6, 6.07) is 0. The SMILES string of the molecule is CCc1nc(Cl)c(C)c(NCCC(C)C)n1. The molecule has 1 heterocycles. The third-order valence-electron chi connectivity index (χ3n) is 2.46. The van der Waals surface area contributed by atoms with Gasteiger partial charge in [-0.05, 0) is 19.3 Å². The minimum Gasteiger partial charge on any atom is -0.370 e. The van der Waals surface area contributed by atoms with Crippen LogP contribution in [-0.2, 0) is 6.42 Å². The fraction of sp³-hybridized carbons (Fsp3) is 0.667. The van der Waals surface area contributed by atoms with Gasteiger partial charge in [0.1, 0.15) is 16.8 Å². The molecule has 1 aromatic rings. The maximum Gasteiger partial charge on any atom is 0.137 e. The van der Waals surface area contributed by atoms with Crippen molar-refractivity contribution < 1.29 is 0 Å². The van der Waals surface area contributed by atoms with Crippen LogP contribution in [0.4, 0.5) is 5.82 Å². The summed E-state index contributed by atoms with van der Waals surface area (Å²) in [6.07, 6.45) is 1.93. The van der Waals surface area contributed by atoms with Crippen molar-refractivity contribution in [3.63, 3.8) is 0 Å². The van der Waals surface area contributed by atoms with Crippen molar-refractivity contribution in [1.29, 1.82) is 0 Å². The van der Waals surface area contributed by atoms with Gasteiger partial charge in [-0.25, -0.2) is 9.97 Å². The highest BCUT2D eigenvalue weighted by molar-refractivity contribution is 6.30. The lowest BCUT2D eigenvalue weighted by Gasteiger charge is -2.11. The highest BCUT2D eigenvalue weighted by atomic mass is 35.5. The Morgan fingerprint density at radius 1 is 1.31 bits per heavy atom. The van der Waals surface area contributed by atoms with E-state index in [0.717, 1.165) is 36.6 Å². The summed E-state index contributed by atoms with van der Waals surface area (Å²) < 4.78 is 0. The third kappa shape index (κ3) is 3.63. The lowest BCUT2D eigenvalue weighted by atomic mass is 10.1. The zero-order valence-electron chi connectivity index (χ0n) is 10.5. The Hall–Kier alpha value is -0.830. The van der Waals surface area contributed by atoms with Crippen LogP contribution < -0.4 is 5.32 Å². The second-order valence-electron chi connectivity index (χ2n) is 4.37. The first-order valence-corrected chi connectivity index (χ1v) is 6.19. The fourth-order valence-electron chi connectivity index (χ4n) is 1.34. The highest BCUT2D eigenvalue weighted by Gasteiger charge is 2.07. The van der Waals surface area contributed by atoms with Crippen molar-refractivity contribution in [1.82, 2.24) is 9.97 Å². The third-order valence-corrected chi connectivity index (χ3v) is 2.83. The predicted octanol–water partition coefficient (Wildman–Crippen LogP) is 3.46. The number of aromatic nitrogens is 2. The molecule has 16 heavy (non-hydrogen) atoms. The number of hydrogen-bond acceptors (Lipinski definition) is 3. The Balaban J connectivity index is 2.74. The van der Waals surface area contributed by atoms with Gasteiger partial charge in [-0.3, -0.25) is 0 Å². The van der Waals surface area contributed by atoms with Crippen LogP contribution in [0.25, 0.3) is 0 Å². The van der Waals surface area contributed by atoms with E-state index in [2.05, 4.69) is 29.1 Å². The van der Waals surface area contributed by atoms with Gasteiger partial charge in [0, 0.05) is 18.5 Å². The van der Waals surface area contributed by atoms with Crippen LogP contribution in [0.1, 0.15) is 38.6 Å². The van der Waals surface area contributed by atoms with Gasteiger partial charge in [-0.2, -0.15) is 0 Å². The molecule has 0 aromatic carbocycles. The van der Waals surface area contributed by atoms with Gasteiger partial charge < -0.3 is 5.32 Å². The maximum absolute atomic E-state index is 6.05. The standard InChI is InChI=1S/C12H20ClN3/c1-5-10-15-11(13)9(4)12(16-10)14-7-6-8(2)3/h8H,5-7H2,1-4H3,(H,14,15,16). The summed E-state index contributed by atoms with van der Waals surface area (Å²) in [7, 11) is 0. The van der Waals surface area contributed by atoms with Crippen molar-refractivity contribution in [2.24, 2.45) is 5.92 Å². The second kappa shape index (κ2) is 6.04. The van der Waals surface area contributed by atoms with E-state index in [1.165, 1.54) is 0 Å². The van der Waals surface area contributed by atoms with Crippen molar-refractivity contribution in [3.8, 4) is 0 Å². The second-order valence-corrected chi connectivity index (χ2v) is 4.73. The van der Waals surface area contributed by atoms with E-state index in [4.69, 9.17) is 11.6 Å². The number of nitrogens with zero attached hydrogens (tertiary/aromatic N) is 2. The molecular formula is C12H20ClN3. The fourth-order valence-corrected chi connectivity index (χ4v) is 1.53. The molecule has 0 fully saturated rings. The minimum absolute atomic E-state index is 0.555. The quantitative estimate of drug-likeness (QED) is 0.803. The van der Waals surface area contributed by atoms with Crippen LogP contribution >= 0.6 is 11.6 Å². The molecule has 3 nitrogen and oxygen atoms in total. The Bertz CT molecular complexity index is 350. The summed E-state index contributed by atoms with van der Waals surface area (Å²) in [5, 5.41) is 3.88. The number of halogens is 1. The van der Waals surface area contributed by atoms with E-state index in [9.17, 15) is 0 Å². The molecule has 1 N–H and O–H groups in total. The van der Waals surface area contributed by atoms with Gasteiger partial charge >= 0.3 is 0 Å². The van der Waals surface area contributed by atoms with Crippen molar-refractivity contribution in [3.05, 3.63) is 16.5 Å². The molecule has 0 atom stereocenters. The van der Waals surface area contributed by atoms with Crippen molar-refractivity contribution in [2.75, 3.05) is 11.9 Å². The average molecular weight is 242 g/mol. The number of nitrogens with one attached hydrogen (secondary N) is 1. The largest absolute Gasteiger partial charge is 0.370 e. The molecule has 0 bridgehead atoms. The molecule has 0 saturated carbocycles. The van der Waals surface area contributed by atoms with Gasteiger partial charge in [-0.1, -0.05) is 32.4 Å². The van der Waals surface area contributed by atoms with Crippen LogP contribution in [0.15, 0.2) is 0 Å². The van der Waals surface area contributed by atoms with Crippen LogP contribution in [0, 0.1) is 12.8 Å². The molecule has 0 aliphatic heterocycles. The summed E-state index contributed by atoms with van der Waals surface area (Å²) >= 11 is 6.05. The minimum atomic E-state index is 0.555. The molecular weight excluding hydrogens is 222 g/mol. The van der Waals surface area contributed by atoms with E-state index < -0.39 is 0 Å². The Morgan fingerprint density at radius 3 is 2.56 bits per heavy atom. The number of hydrogen-bond donors (Lipinski definition) is 1. The van der Waals surface area contributed by atoms with Gasteiger partial charge in [0.15, 0.2) is 0 Å². The molecule has 1 aromatic heterocycles. The Morgan fingerprint density at radius 2 is 2.00 bits per heavy atom. The molecule has 0 amide bonds. The topological polar surface area (TPSA) is 37.8 Å². The molecule has 0 aliphatic carbocycles. The molecule has 0 spiro atoms. The molecule has 0 unspecified atom stereocenters. The normalized spacial score (nSPS) is 10.9. The van der Waals surface area contributed by atoms with E-state index in [1.807, 2.05) is 13.8 Å². The van der Waals surface area contributed by atoms with E-state index >= 15 is 0 Å². The van der Waals surface area contributed by atoms with Crippen molar-refractivity contribution >= 4 is 17.4 Å².